The first-order valence-electron chi connectivity index (χ1n) is 10.5. The van der Waals surface area contributed by atoms with Gasteiger partial charge in [0.25, 0.3) is 0 Å². The lowest BCUT2D eigenvalue weighted by Crippen LogP contribution is -2.35. The van der Waals surface area contributed by atoms with E-state index in [4.69, 9.17) is 0 Å². The second-order valence-electron chi connectivity index (χ2n) is 8.04. The first-order chi connectivity index (χ1) is 15.0. The van der Waals surface area contributed by atoms with Gasteiger partial charge in [0.15, 0.2) is 0 Å². The summed E-state index contributed by atoms with van der Waals surface area (Å²) in [5, 5.41) is 8.95. The number of rotatable bonds is 7. The van der Waals surface area contributed by atoms with Crippen LogP contribution in [0.1, 0.15) is 37.9 Å². The minimum Gasteiger partial charge on any atom is -0.351 e. The van der Waals surface area contributed by atoms with Crippen LogP contribution in [0.4, 0.5) is 0 Å². The zero-order chi connectivity index (χ0) is 22.1. The SMILES string of the molecule is C[C@@H](NC/C=C/C#CC(C)(C)C(=O)NCc1cccnc1)c1cccc2ccccc12. The molecule has 1 heterocycles. The van der Waals surface area contributed by atoms with E-state index in [1.807, 2.05) is 32.1 Å². The Kier molecular flexibility index (Phi) is 7.59. The first kappa shape index (κ1) is 22.3. The molecule has 0 unspecified atom stereocenters. The highest BCUT2D eigenvalue weighted by Crippen LogP contribution is 2.23. The number of carbonyl (C=O) groups is 1. The Labute approximate surface area is 184 Å². The maximum Gasteiger partial charge on any atom is 0.237 e. The van der Waals surface area contributed by atoms with E-state index in [0.717, 1.165) is 5.56 Å². The molecule has 2 aromatic carbocycles. The topological polar surface area (TPSA) is 54.0 Å². The second kappa shape index (κ2) is 10.6. The zero-order valence-corrected chi connectivity index (χ0v) is 18.4. The molecule has 3 rings (SSSR count). The van der Waals surface area contributed by atoms with Crippen LogP contribution >= 0.6 is 0 Å². The van der Waals surface area contributed by atoms with E-state index >= 15 is 0 Å². The van der Waals surface area contributed by atoms with Crippen molar-refractivity contribution in [3.63, 3.8) is 0 Å². The molecule has 4 nitrogen and oxygen atoms in total. The van der Waals surface area contributed by atoms with Gasteiger partial charge in [0.2, 0.25) is 5.91 Å². The molecule has 0 aliphatic rings. The van der Waals surface area contributed by atoms with Crippen LogP contribution in [0.3, 0.4) is 0 Å². The van der Waals surface area contributed by atoms with E-state index in [1.165, 1.54) is 16.3 Å². The maximum atomic E-state index is 12.4. The molecule has 0 bridgehead atoms. The molecule has 0 radical (unpaired) electrons. The van der Waals surface area contributed by atoms with Crippen LogP contribution in [-0.4, -0.2) is 17.4 Å². The summed E-state index contributed by atoms with van der Waals surface area (Å²) in [6, 6.07) is 18.8. The van der Waals surface area contributed by atoms with Crippen molar-refractivity contribution in [2.24, 2.45) is 5.41 Å². The highest BCUT2D eigenvalue weighted by Gasteiger charge is 2.24. The van der Waals surface area contributed by atoms with Gasteiger partial charge in [0.1, 0.15) is 5.41 Å². The Morgan fingerprint density at radius 1 is 1.13 bits per heavy atom. The molecule has 158 valence electrons. The van der Waals surface area contributed by atoms with Crippen LogP contribution in [0.5, 0.6) is 0 Å². The Morgan fingerprint density at radius 3 is 2.74 bits per heavy atom. The van der Waals surface area contributed by atoms with Crippen LogP contribution in [0.2, 0.25) is 0 Å². The summed E-state index contributed by atoms with van der Waals surface area (Å²) in [6.07, 6.45) is 7.25. The van der Waals surface area contributed by atoms with Crippen molar-refractivity contribution in [1.82, 2.24) is 15.6 Å². The lowest BCUT2D eigenvalue weighted by molar-refractivity contribution is -0.126. The summed E-state index contributed by atoms with van der Waals surface area (Å²) >= 11 is 0. The standard InChI is InChI=1S/C27H29N3O/c1-21(24-15-9-13-23-12-5-6-14-25(23)24)29-18-8-4-7-16-27(2,3)26(31)30-20-22-11-10-17-28-19-22/h4-6,8-15,17,19,21,29H,18,20H2,1-3H3,(H,30,31)/b8-4+/t21-/m1/s1. The third-order valence-corrected chi connectivity index (χ3v) is 5.16. The molecular formula is C27H29N3O. The molecule has 1 aromatic heterocycles. The summed E-state index contributed by atoms with van der Waals surface area (Å²) in [4.78, 5) is 16.5. The summed E-state index contributed by atoms with van der Waals surface area (Å²) in [5.74, 6) is 5.95. The Balaban J connectivity index is 1.49. The number of carbonyl (C=O) groups excluding carboxylic acids is 1. The van der Waals surface area contributed by atoms with Crippen molar-refractivity contribution in [1.29, 1.82) is 0 Å². The van der Waals surface area contributed by atoms with E-state index in [2.05, 4.69) is 76.8 Å². The Hall–Kier alpha value is -3.42. The van der Waals surface area contributed by atoms with Crippen molar-refractivity contribution in [2.75, 3.05) is 6.54 Å². The molecule has 0 saturated carbocycles. The van der Waals surface area contributed by atoms with Gasteiger partial charge in [-0.1, -0.05) is 66.4 Å². The van der Waals surface area contributed by atoms with Crippen molar-refractivity contribution < 1.29 is 4.79 Å². The molecule has 2 N–H and O–H groups in total. The summed E-state index contributed by atoms with van der Waals surface area (Å²) in [6.45, 7) is 6.97. The van der Waals surface area contributed by atoms with Crippen LogP contribution in [0, 0.1) is 17.3 Å². The number of pyridine rings is 1. The zero-order valence-electron chi connectivity index (χ0n) is 18.4. The van der Waals surface area contributed by atoms with Gasteiger partial charge >= 0.3 is 0 Å². The molecule has 4 heteroatoms. The predicted octanol–water partition coefficient (Wildman–Crippen LogP) is 4.79. The van der Waals surface area contributed by atoms with Gasteiger partial charge < -0.3 is 10.6 Å². The Bertz CT molecular complexity index is 1100. The predicted molar refractivity (Wildman–Crippen MR) is 127 cm³/mol. The fourth-order valence-corrected chi connectivity index (χ4v) is 3.29. The number of aromatic nitrogens is 1. The second-order valence-corrected chi connectivity index (χ2v) is 8.04. The number of nitrogens with zero attached hydrogens (tertiary/aromatic N) is 1. The molecule has 3 aromatic rings. The number of allylic oxidation sites excluding steroid dienone is 1. The van der Waals surface area contributed by atoms with E-state index in [9.17, 15) is 4.79 Å². The highest BCUT2D eigenvalue weighted by molar-refractivity contribution is 5.86. The monoisotopic (exact) mass is 411 g/mol. The van der Waals surface area contributed by atoms with Gasteiger partial charge in [-0.05, 0) is 54.8 Å². The maximum absolute atomic E-state index is 12.4. The number of nitrogens with one attached hydrogen (secondary N) is 2. The van der Waals surface area contributed by atoms with Gasteiger partial charge in [-0.3, -0.25) is 9.78 Å². The third kappa shape index (κ3) is 6.28. The fraction of sp³-hybridized carbons (Fsp3) is 0.259. The van der Waals surface area contributed by atoms with Gasteiger partial charge in [-0.15, -0.1) is 0 Å². The third-order valence-electron chi connectivity index (χ3n) is 5.16. The summed E-state index contributed by atoms with van der Waals surface area (Å²) < 4.78 is 0. The molecule has 0 aliphatic heterocycles. The van der Waals surface area contributed by atoms with Crippen LogP contribution in [0.15, 0.2) is 79.1 Å². The summed E-state index contributed by atoms with van der Waals surface area (Å²) in [5.41, 5.74) is 1.48. The molecule has 0 aliphatic carbocycles. The van der Waals surface area contributed by atoms with Gasteiger partial charge in [0.05, 0.1) is 0 Å². The number of hydrogen-bond donors (Lipinski definition) is 2. The smallest absolute Gasteiger partial charge is 0.237 e. The van der Waals surface area contributed by atoms with Crippen molar-refractivity contribution >= 4 is 16.7 Å². The number of benzene rings is 2. The Morgan fingerprint density at radius 2 is 1.94 bits per heavy atom. The van der Waals surface area contributed by atoms with Gasteiger partial charge in [0, 0.05) is 31.5 Å². The largest absolute Gasteiger partial charge is 0.351 e. The number of amides is 1. The number of hydrogen-bond acceptors (Lipinski definition) is 3. The van der Waals surface area contributed by atoms with Crippen molar-refractivity contribution in [3.8, 4) is 11.8 Å². The van der Waals surface area contributed by atoms with Crippen LogP contribution < -0.4 is 10.6 Å². The van der Waals surface area contributed by atoms with Gasteiger partial charge in [-0.2, -0.15) is 0 Å². The summed E-state index contributed by atoms with van der Waals surface area (Å²) in [7, 11) is 0. The fourth-order valence-electron chi connectivity index (χ4n) is 3.29. The quantitative estimate of drug-likeness (QED) is 0.550. The highest BCUT2D eigenvalue weighted by atomic mass is 16.2. The van der Waals surface area contributed by atoms with Crippen LogP contribution in [0.25, 0.3) is 10.8 Å². The molecular weight excluding hydrogens is 382 g/mol. The molecule has 31 heavy (non-hydrogen) atoms. The molecule has 0 saturated heterocycles. The van der Waals surface area contributed by atoms with E-state index in [1.54, 1.807) is 18.5 Å². The molecule has 0 fully saturated rings. The lowest BCUT2D eigenvalue weighted by Gasteiger charge is -2.17. The lowest BCUT2D eigenvalue weighted by atomic mass is 9.93. The first-order valence-corrected chi connectivity index (χ1v) is 10.5. The van der Waals surface area contributed by atoms with E-state index in [-0.39, 0.29) is 11.9 Å². The normalized spacial score (nSPS) is 12.4. The molecule has 0 spiro atoms. The average Bonchev–Trinajstić information content (AvgIpc) is 2.79. The minimum absolute atomic E-state index is 0.0973. The van der Waals surface area contributed by atoms with E-state index in [0.29, 0.717) is 13.1 Å². The molecule has 1 amide bonds. The van der Waals surface area contributed by atoms with E-state index < -0.39 is 5.41 Å². The van der Waals surface area contributed by atoms with Crippen molar-refractivity contribution in [3.05, 3.63) is 90.3 Å². The average molecular weight is 412 g/mol. The van der Waals surface area contributed by atoms with Crippen LogP contribution in [-0.2, 0) is 11.3 Å². The minimum atomic E-state index is -0.768. The number of fused-ring (bicyclic) bond motifs is 1. The van der Waals surface area contributed by atoms with Crippen molar-refractivity contribution in [2.45, 2.75) is 33.4 Å². The molecule has 1 atom stereocenters. The van der Waals surface area contributed by atoms with Gasteiger partial charge in [-0.25, -0.2) is 0 Å².